The fourth-order valence-electron chi connectivity index (χ4n) is 4.29. The first-order valence-corrected chi connectivity index (χ1v) is 12.4. The second-order valence-corrected chi connectivity index (χ2v) is 9.84. The van der Waals surface area contributed by atoms with E-state index in [0.29, 0.717) is 27.9 Å². The quantitative estimate of drug-likeness (QED) is 0.507. The summed E-state index contributed by atoms with van der Waals surface area (Å²) in [6, 6.07) is 8.68. The molecule has 33 heavy (non-hydrogen) atoms. The summed E-state index contributed by atoms with van der Waals surface area (Å²) in [6.07, 6.45) is 5.92. The molecule has 9 heteroatoms. The van der Waals surface area contributed by atoms with Crippen molar-refractivity contribution in [1.82, 2.24) is 10.5 Å². The minimum Gasteiger partial charge on any atom is -0.376 e. The second-order valence-electron chi connectivity index (χ2n) is 8.30. The third-order valence-electron chi connectivity index (χ3n) is 6.01. The molecule has 2 aromatic heterocycles. The van der Waals surface area contributed by atoms with E-state index < -0.39 is 5.91 Å². The molecule has 1 aromatic carbocycles. The van der Waals surface area contributed by atoms with E-state index >= 15 is 0 Å². The number of aromatic nitrogens is 1. The molecule has 2 amide bonds. The Kier molecular flexibility index (Phi) is 6.48. The van der Waals surface area contributed by atoms with E-state index in [1.54, 1.807) is 30.3 Å². The highest BCUT2D eigenvalue weighted by Crippen LogP contribution is 2.38. The van der Waals surface area contributed by atoms with Crippen molar-refractivity contribution < 1.29 is 18.8 Å². The van der Waals surface area contributed by atoms with Crippen molar-refractivity contribution in [1.29, 1.82) is 0 Å². The lowest BCUT2D eigenvalue weighted by Gasteiger charge is -2.15. The number of nitrogens with one attached hydrogen (secondary N) is 2. The lowest BCUT2D eigenvalue weighted by Crippen LogP contribution is -2.32. The minimum atomic E-state index is -0.411. The maximum Gasteiger partial charge on any atom is 0.278 e. The Morgan fingerprint density at radius 1 is 1.12 bits per heavy atom. The van der Waals surface area contributed by atoms with Crippen molar-refractivity contribution in [3.63, 3.8) is 0 Å². The van der Waals surface area contributed by atoms with Crippen molar-refractivity contribution in [2.45, 2.75) is 44.6 Å². The van der Waals surface area contributed by atoms with Gasteiger partial charge in [-0.05, 0) is 68.4 Å². The first-order chi connectivity index (χ1) is 16.1. The molecule has 2 aliphatic rings. The number of thiophene rings is 1. The molecule has 0 saturated carbocycles. The topological polar surface area (TPSA) is 93.5 Å². The Morgan fingerprint density at radius 2 is 1.94 bits per heavy atom. The third kappa shape index (κ3) is 4.83. The normalized spacial score (nSPS) is 17.5. The van der Waals surface area contributed by atoms with Gasteiger partial charge in [0.05, 0.1) is 11.7 Å². The van der Waals surface area contributed by atoms with Crippen molar-refractivity contribution in [3.8, 4) is 11.3 Å². The van der Waals surface area contributed by atoms with Gasteiger partial charge in [0, 0.05) is 34.7 Å². The summed E-state index contributed by atoms with van der Waals surface area (Å²) < 4.78 is 11.0. The number of ether oxygens (including phenoxy) is 1. The smallest absolute Gasteiger partial charge is 0.278 e. The molecule has 1 aliphatic carbocycles. The third-order valence-corrected chi connectivity index (χ3v) is 7.47. The van der Waals surface area contributed by atoms with Gasteiger partial charge in [-0.3, -0.25) is 9.59 Å². The van der Waals surface area contributed by atoms with Gasteiger partial charge in [-0.1, -0.05) is 16.8 Å². The summed E-state index contributed by atoms with van der Waals surface area (Å²) in [5.41, 5.74) is 2.54. The minimum absolute atomic E-state index is 0.0582. The molecule has 1 saturated heterocycles. The van der Waals surface area contributed by atoms with Crippen LogP contribution in [-0.2, 0) is 17.6 Å². The predicted octanol–water partition coefficient (Wildman–Crippen LogP) is 5.10. The highest BCUT2D eigenvalue weighted by Gasteiger charge is 2.28. The Morgan fingerprint density at radius 3 is 2.73 bits per heavy atom. The summed E-state index contributed by atoms with van der Waals surface area (Å²) in [5.74, 6) is -0.107. The average molecular weight is 486 g/mol. The molecule has 172 valence electrons. The van der Waals surface area contributed by atoms with Gasteiger partial charge < -0.3 is 19.9 Å². The Bertz CT molecular complexity index is 1170. The predicted molar refractivity (Wildman–Crippen MR) is 127 cm³/mol. The number of halogens is 1. The van der Waals surface area contributed by atoms with Gasteiger partial charge in [-0.25, -0.2) is 0 Å². The van der Waals surface area contributed by atoms with Gasteiger partial charge in [0.2, 0.25) is 0 Å². The maximum atomic E-state index is 13.1. The van der Waals surface area contributed by atoms with Crippen molar-refractivity contribution in [2.75, 3.05) is 18.5 Å². The van der Waals surface area contributed by atoms with Crippen LogP contribution in [0.1, 0.15) is 57.0 Å². The molecule has 7 nitrogen and oxygen atoms in total. The molecule has 3 aromatic rings. The van der Waals surface area contributed by atoms with Crippen LogP contribution in [0.2, 0.25) is 5.02 Å². The molecular weight excluding hydrogens is 462 g/mol. The Balaban J connectivity index is 1.35. The van der Waals surface area contributed by atoms with E-state index in [9.17, 15) is 9.59 Å². The molecule has 5 rings (SSSR count). The number of rotatable bonds is 6. The Hall–Kier alpha value is -2.68. The number of carbonyl (C=O) groups is 2. The van der Waals surface area contributed by atoms with Crippen LogP contribution in [0.15, 0.2) is 34.9 Å². The number of aryl methyl sites for hydroxylation is 1. The van der Waals surface area contributed by atoms with Crippen LogP contribution in [0.25, 0.3) is 11.3 Å². The van der Waals surface area contributed by atoms with Gasteiger partial charge >= 0.3 is 0 Å². The highest BCUT2D eigenvalue weighted by atomic mass is 35.5. The average Bonchev–Trinajstić information content (AvgIpc) is 3.57. The van der Waals surface area contributed by atoms with Crippen LogP contribution in [-0.4, -0.2) is 36.2 Å². The van der Waals surface area contributed by atoms with Crippen LogP contribution in [0.5, 0.6) is 0 Å². The molecule has 0 spiro atoms. The van der Waals surface area contributed by atoms with Gasteiger partial charge in [0.1, 0.15) is 5.00 Å². The zero-order valence-corrected chi connectivity index (χ0v) is 19.6. The zero-order valence-electron chi connectivity index (χ0n) is 18.0. The number of hydrogen-bond donors (Lipinski definition) is 2. The number of benzene rings is 1. The van der Waals surface area contributed by atoms with Gasteiger partial charge in [0.25, 0.3) is 11.8 Å². The molecule has 0 bridgehead atoms. The number of amides is 2. The molecule has 1 aliphatic heterocycles. The lowest BCUT2D eigenvalue weighted by molar-refractivity contribution is 0.0858. The molecule has 3 heterocycles. The molecule has 2 N–H and O–H groups in total. The number of hydrogen-bond acceptors (Lipinski definition) is 6. The molecule has 1 atom stereocenters. The molecule has 1 fully saturated rings. The van der Waals surface area contributed by atoms with Crippen molar-refractivity contribution >= 4 is 39.8 Å². The largest absolute Gasteiger partial charge is 0.376 e. The molecular formula is C24H24ClN3O4S. The van der Waals surface area contributed by atoms with Crippen LogP contribution in [0, 0.1) is 0 Å². The van der Waals surface area contributed by atoms with Gasteiger partial charge in [-0.15, -0.1) is 11.3 Å². The fraction of sp³-hybridized carbons (Fsp3) is 0.375. The highest BCUT2D eigenvalue weighted by molar-refractivity contribution is 7.17. The van der Waals surface area contributed by atoms with Crippen LogP contribution in [0.4, 0.5) is 5.00 Å². The summed E-state index contributed by atoms with van der Waals surface area (Å²) in [4.78, 5) is 27.3. The first kappa shape index (κ1) is 22.1. The zero-order chi connectivity index (χ0) is 22.8. The number of anilines is 1. The van der Waals surface area contributed by atoms with Crippen LogP contribution < -0.4 is 10.6 Å². The van der Waals surface area contributed by atoms with E-state index in [1.165, 1.54) is 16.2 Å². The van der Waals surface area contributed by atoms with Gasteiger partial charge in [0.15, 0.2) is 11.5 Å². The standard InChI is InChI=1S/C24H24ClN3O4S/c25-15-9-7-14(8-10-15)19-12-18(28-32-19)22(29)27-24-21(17-5-1-2-6-20(17)33-24)23(30)26-13-16-4-3-11-31-16/h7-10,12,16H,1-6,11,13H2,(H,26,30)(H,27,29)/t16-/m0/s1. The van der Waals surface area contributed by atoms with E-state index in [0.717, 1.165) is 56.3 Å². The number of nitrogens with zero attached hydrogens (tertiary/aromatic N) is 1. The maximum absolute atomic E-state index is 13.1. The van der Waals surface area contributed by atoms with Crippen molar-refractivity contribution in [3.05, 3.63) is 57.1 Å². The summed E-state index contributed by atoms with van der Waals surface area (Å²) in [6.45, 7) is 1.22. The summed E-state index contributed by atoms with van der Waals surface area (Å²) in [5, 5.41) is 11.0. The van der Waals surface area contributed by atoms with Gasteiger partial charge in [-0.2, -0.15) is 0 Å². The number of carbonyl (C=O) groups excluding carboxylic acids is 2. The lowest BCUT2D eigenvalue weighted by atomic mass is 9.95. The van der Waals surface area contributed by atoms with E-state index in [2.05, 4.69) is 15.8 Å². The number of fused-ring (bicyclic) bond motifs is 1. The monoisotopic (exact) mass is 485 g/mol. The SMILES string of the molecule is O=C(Nc1sc2c(c1C(=O)NC[C@@H]1CCCO1)CCCC2)c1cc(-c2ccc(Cl)cc2)on1. The molecule has 0 radical (unpaired) electrons. The second kappa shape index (κ2) is 9.67. The fourth-order valence-corrected chi connectivity index (χ4v) is 5.70. The Labute approximate surface area is 200 Å². The van der Waals surface area contributed by atoms with E-state index in [1.807, 2.05) is 0 Å². The van der Waals surface area contributed by atoms with Crippen LogP contribution >= 0.6 is 22.9 Å². The first-order valence-electron chi connectivity index (χ1n) is 11.2. The van der Waals surface area contributed by atoms with Crippen molar-refractivity contribution in [2.24, 2.45) is 0 Å². The van der Waals surface area contributed by atoms with E-state index in [4.69, 9.17) is 20.9 Å². The summed E-state index contributed by atoms with van der Waals surface area (Å²) in [7, 11) is 0. The van der Waals surface area contributed by atoms with E-state index in [-0.39, 0.29) is 17.7 Å². The molecule has 0 unspecified atom stereocenters. The van der Waals surface area contributed by atoms with Crippen LogP contribution in [0.3, 0.4) is 0 Å². The summed E-state index contributed by atoms with van der Waals surface area (Å²) >= 11 is 7.42.